The molecule has 3 heteroatoms. The Morgan fingerprint density at radius 1 is 1.33 bits per heavy atom. The number of likely N-dealkylation sites (tertiary alicyclic amines) is 1. The molecule has 2 aliphatic rings. The average molecular weight is 206 g/mol. The van der Waals surface area contributed by atoms with Gasteiger partial charge in [-0.1, -0.05) is 0 Å². The zero-order valence-electron chi connectivity index (χ0n) is 9.49. The molecule has 0 spiro atoms. The van der Waals surface area contributed by atoms with E-state index < -0.39 is 5.41 Å². The highest BCUT2D eigenvalue weighted by atomic mass is 16.2. The maximum Gasteiger partial charge on any atom is 0.243 e. The van der Waals surface area contributed by atoms with Gasteiger partial charge in [-0.15, -0.1) is 0 Å². The number of piperidine rings is 1. The van der Waals surface area contributed by atoms with Crippen LogP contribution >= 0.6 is 0 Å². The van der Waals surface area contributed by atoms with Crippen LogP contribution in [-0.4, -0.2) is 22.9 Å². The highest BCUT2D eigenvalue weighted by Crippen LogP contribution is 2.47. The average Bonchev–Trinajstić information content (AvgIpc) is 2.97. The summed E-state index contributed by atoms with van der Waals surface area (Å²) in [5.41, 5.74) is -0.639. The zero-order chi connectivity index (χ0) is 11.1. The molecule has 1 heterocycles. The van der Waals surface area contributed by atoms with E-state index in [0.29, 0.717) is 12.1 Å². The number of hydrogen-bond acceptors (Lipinski definition) is 2. The molecule has 2 atom stereocenters. The maximum absolute atomic E-state index is 12.2. The summed E-state index contributed by atoms with van der Waals surface area (Å²) in [4.78, 5) is 14.2. The Kier molecular flexibility index (Phi) is 2.46. The van der Waals surface area contributed by atoms with Gasteiger partial charge < -0.3 is 4.90 Å². The minimum Gasteiger partial charge on any atom is -0.336 e. The molecule has 0 N–H and O–H groups in total. The number of hydrogen-bond donors (Lipinski definition) is 0. The number of rotatable bonds is 1. The summed E-state index contributed by atoms with van der Waals surface area (Å²) in [5.74, 6) is 0.0877. The maximum atomic E-state index is 12.2. The van der Waals surface area contributed by atoms with Crippen LogP contribution in [0.3, 0.4) is 0 Å². The van der Waals surface area contributed by atoms with Gasteiger partial charge in [0.05, 0.1) is 6.07 Å². The van der Waals surface area contributed by atoms with Crippen molar-refractivity contribution in [2.24, 2.45) is 5.41 Å². The van der Waals surface area contributed by atoms with E-state index in [1.165, 1.54) is 6.42 Å². The predicted octanol–water partition coefficient (Wildman–Crippen LogP) is 2.08. The molecule has 15 heavy (non-hydrogen) atoms. The summed E-state index contributed by atoms with van der Waals surface area (Å²) in [6.45, 7) is 4.20. The lowest BCUT2D eigenvalue weighted by molar-refractivity contribution is -0.141. The summed E-state index contributed by atoms with van der Waals surface area (Å²) in [5, 5.41) is 9.03. The van der Waals surface area contributed by atoms with Gasteiger partial charge in [0.1, 0.15) is 5.41 Å². The highest BCUT2D eigenvalue weighted by Gasteiger charge is 2.54. The van der Waals surface area contributed by atoms with Crippen molar-refractivity contribution in [1.82, 2.24) is 4.90 Å². The lowest BCUT2D eigenvalue weighted by Crippen LogP contribution is -2.50. The monoisotopic (exact) mass is 206 g/mol. The fourth-order valence-electron chi connectivity index (χ4n) is 2.57. The van der Waals surface area contributed by atoms with E-state index >= 15 is 0 Å². The molecular weight excluding hydrogens is 188 g/mol. The quantitative estimate of drug-likeness (QED) is 0.659. The van der Waals surface area contributed by atoms with Gasteiger partial charge in [0.25, 0.3) is 0 Å². The first kappa shape index (κ1) is 10.5. The van der Waals surface area contributed by atoms with Crippen LogP contribution in [0.2, 0.25) is 0 Å². The molecule has 0 radical (unpaired) electrons. The van der Waals surface area contributed by atoms with E-state index in [-0.39, 0.29) is 5.91 Å². The van der Waals surface area contributed by atoms with E-state index in [0.717, 1.165) is 25.7 Å². The first-order valence-electron chi connectivity index (χ1n) is 5.85. The molecule has 3 nitrogen and oxygen atoms in total. The number of nitriles is 1. The molecule has 2 unspecified atom stereocenters. The number of amides is 1. The van der Waals surface area contributed by atoms with Crippen molar-refractivity contribution in [3.05, 3.63) is 0 Å². The Morgan fingerprint density at radius 3 is 2.27 bits per heavy atom. The van der Waals surface area contributed by atoms with Crippen molar-refractivity contribution in [3.8, 4) is 6.07 Å². The van der Waals surface area contributed by atoms with Crippen molar-refractivity contribution in [1.29, 1.82) is 5.26 Å². The van der Waals surface area contributed by atoms with Gasteiger partial charge in [0, 0.05) is 12.1 Å². The van der Waals surface area contributed by atoms with Crippen LogP contribution in [0, 0.1) is 16.7 Å². The molecular formula is C12H18N2O. The lowest BCUT2D eigenvalue weighted by Gasteiger charge is -2.40. The first-order valence-corrected chi connectivity index (χ1v) is 5.85. The van der Waals surface area contributed by atoms with Gasteiger partial charge in [-0.05, 0) is 46.0 Å². The molecule has 2 fully saturated rings. The van der Waals surface area contributed by atoms with Crippen molar-refractivity contribution in [2.45, 2.75) is 58.0 Å². The summed E-state index contributed by atoms with van der Waals surface area (Å²) >= 11 is 0. The van der Waals surface area contributed by atoms with Crippen molar-refractivity contribution < 1.29 is 4.79 Å². The summed E-state index contributed by atoms with van der Waals surface area (Å²) in [6.07, 6.45) is 4.89. The standard InChI is InChI=1S/C12H18N2O/c1-9-4-3-5-10(2)14(9)11(15)12(8-13)6-7-12/h9-10H,3-7H2,1-2H3. The second kappa shape index (κ2) is 3.52. The molecule has 82 valence electrons. The van der Waals surface area contributed by atoms with E-state index in [1.807, 2.05) is 4.90 Å². The van der Waals surface area contributed by atoms with Gasteiger partial charge in [-0.2, -0.15) is 5.26 Å². The topological polar surface area (TPSA) is 44.1 Å². The lowest BCUT2D eigenvalue weighted by atomic mass is 9.94. The second-order valence-electron chi connectivity index (χ2n) is 5.04. The van der Waals surface area contributed by atoms with E-state index in [2.05, 4.69) is 19.9 Å². The van der Waals surface area contributed by atoms with Gasteiger partial charge in [0.2, 0.25) is 5.91 Å². The van der Waals surface area contributed by atoms with E-state index in [4.69, 9.17) is 5.26 Å². The minimum absolute atomic E-state index is 0.0877. The molecule has 0 aromatic rings. The third-order valence-corrected chi connectivity index (χ3v) is 3.80. The summed E-state index contributed by atoms with van der Waals surface area (Å²) in [7, 11) is 0. The number of carbonyl (C=O) groups excluding carboxylic acids is 1. The molecule has 1 saturated heterocycles. The first-order chi connectivity index (χ1) is 7.10. The van der Waals surface area contributed by atoms with Crippen LogP contribution in [0.25, 0.3) is 0 Å². The minimum atomic E-state index is -0.639. The van der Waals surface area contributed by atoms with E-state index in [1.54, 1.807) is 0 Å². The third-order valence-electron chi connectivity index (χ3n) is 3.80. The van der Waals surface area contributed by atoms with Crippen molar-refractivity contribution in [3.63, 3.8) is 0 Å². The zero-order valence-corrected chi connectivity index (χ0v) is 9.49. The highest BCUT2D eigenvalue weighted by molar-refractivity contribution is 5.88. The Labute approximate surface area is 91.1 Å². The Hall–Kier alpha value is -1.04. The van der Waals surface area contributed by atoms with Crippen LogP contribution in [0.5, 0.6) is 0 Å². The molecule has 1 aliphatic carbocycles. The number of carbonyl (C=O) groups is 1. The van der Waals surface area contributed by atoms with Crippen LogP contribution < -0.4 is 0 Å². The largest absolute Gasteiger partial charge is 0.336 e. The van der Waals surface area contributed by atoms with E-state index in [9.17, 15) is 4.79 Å². The normalized spacial score (nSPS) is 33.3. The number of nitrogens with zero attached hydrogens (tertiary/aromatic N) is 2. The molecule has 0 aromatic carbocycles. The van der Waals surface area contributed by atoms with Gasteiger partial charge in [-0.3, -0.25) is 4.79 Å². The smallest absolute Gasteiger partial charge is 0.243 e. The van der Waals surface area contributed by atoms with Crippen molar-refractivity contribution in [2.75, 3.05) is 0 Å². The fourth-order valence-corrected chi connectivity index (χ4v) is 2.57. The Bertz CT molecular complexity index is 304. The predicted molar refractivity (Wildman–Crippen MR) is 56.9 cm³/mol. The van der Waals surface area contributed by atoms with Crippen LogP contribution in [0.1, 0.15) is 46.0 Å². The second-order valence-corrected chi connectivity index (χ2v) is 5.04. The molecule has 1 saturated carbocycles. The summed E-state index contributed by atoms with van der Waals surface area (Å²) in [6, 6.07) is 2.82. The Morgan fingerprint density at radius 2 is 1.87 bits per heavy atom. The van der Waals surface area contributed by atoms with Crippen LogP contribution in [0.4, 0.5) is 0 Å². The Balaban J connectivity index is 2.15. The summed E-state index contributed by atoms with van der Waals surface area (Å²) < 4.78 is 0. The fraction of sp³-hybridized carbons (Fsp3) is 0.833. The molecule has 0 aromatic heterocycles. The van der Waals surface area contributed by atoms with Gasteiger partial charge >= 0.3 is 0 Å². The SMILES string of the molecule is CC1CCCC(C)N1C(=O)C1(C#N)CC1. The van der Waals surface area contributed by atoms with Gasteiger partial charge in [-0.25, -0.2) is 0 Å². The molecule has 2 rings (SSSR count). The molecule has 0 bridgehead atoms. The van der Waals surface area contributed by atoms with Crippen LogP contribution in [0.15, 0.2) is 0 Å². The molecule has 1 amide bonds. The van der Waals surface area contributed by atoms with Gasteiger partial charge in [0.15, 0.2) is 0 Å². The van der Waals surface area contributed by atoms with Crippen molar-refractivity contribution >= 4 is 5.91 Å². The molecule has 1 aliphatic heterocycles. The van der Waals surface area contributed by atoms with Crippen LogP contribution in [-0.2, 0) is 4.79 Å². The third kappa shape index (κ3) is 1.62.